The van der Waals surface area contributed by atoms with Crippen LogP contribution in [-0.2, 0) is 9.53 Å². The monoisotopic (exact) mass is 436 g/mol. The second-order valence-corrected chi connectivity index (χ2v) is 8.98. The smallest absolute Gasteiger partial charge is 0.223 e. The van der Waals surface area contributed by atoms with Gasteiger partial charge in [0.25, 0.3) is 0 Å². The van der Waals surface area contributed by atoms with Crippen LogP contribution in [0.25, 0.3) is 16.7 Å². The third-order valence-electron chi connectivity index (χ3n) is 6.76. The van der Waals surface area contributed by atoms with Crippen LogP contribution >= 0.6 is 0 Å². The van der Waals surface area contributed by atoms with Gasteiger partial charge in [-0.25, -0.2) is 9.37 Å². The van der Waals surface area contributed by atoms with Gasteiger partial charge in [-0.2, -0.15) is 0 Å². The fraction of sp³-hybridized carbons (Fsp3) is 0.440. The minimum absolute atomic E-state index is 0.0139. The van der Waals surface area contributed by atoms with Crippen molar-refractivity contribution in [1.82, 2.24) is 14.9 Å². The van der Waals surface area contributed by atoms with Crippen molar-refractivity contribution in [3.05, 3.63) is 53.3 Å². The van der Waals surface area contributed by atoms with Crippen molar-refractivity contribution in [1.29, 1.82) is 0 Å². The second-order valence-electron chi connectivity index (χ2n) is 8.98. The summed E-state index contributed by atoms with van der Waals surface area (Å²) in [7, 11) is 0. The Balaban J connectivity index is 1.42. The van der Waals surface area contributed by atoms with Crippen molar-refractivity contribution in [3.63, 3.8) is 0 Å². The molecular weight excluding hydrogens is 407 g/mol. The van der Waals surface area contributed by atoms with Gasteiger partial charge in [-0.3, -0.25) is 9.36 Å². The number of fused-ring (bicyclic) bond motifs is 1. The number of anilines is 1. The van der Waals surface area contributed by atoms with E-state index in [1.807, 2.05) is 0 Å². The Morgan fingerprint density at radius 1 is 1.09 bits per heavy atom. The van der Waals surface area contributed by atoms with Gasteiger partial charge in [0.1, 0.15) is 5.82 Å². The highest BCUT2D eigenvalue weighted by Gasteiger charge is 2.30. The summed E-state index contributed by atoms with van der Waals surface area (Å²) in [4.78, 5) is 19.9. The van der Waals surface area contributed by atoms with Crippen LogP contribution in [-0.4, -0.2) is 47.8 Å². The summed E-state index contributed by atoms with van der Waals surface area (Å²) in [5, 5.41) is 3.14. The van der Waals surface area contributed by atoms with Crippen LogP contribution in [0.4, 0.5) is 10.3 Å². The normalized spacial score (nSPS) is 19.6. The number of ether oxygens (including phenoxy) is 1. The number of aromatic nitrogens is 2. The third-order valence-corrected chi connectivity index (χ3v) is 6.76. The number of halogens is 1. The number of amides is 1. The van der Waals surface area contributed by atoms with E-state index in [-0.39, 0.29) is 23.7 Å². The molecule has 0 bridgehead atoms. The van der Waals surface area contributed by atoms with E-state index in [1.54, 1.807) is 12.1 Å². The molecule has 6 nitrogen and oxygen atoms in total. The molecule has 1 aromatic heterocycles. The number of hydrogen-bond donors (Lipinski definition) is 1. The molecule has 0 unspecified atom stereocenters. The molecule has 5 rings (SSSR count). The first-order valence-electron chi connectivity index (χ1n) is 11.4. The van der Waals surface area contributed by atoms with E-state index in [2.05, 4.69) is 40.8 Å². The molecule has 2 aliphatic heterocycles. The molecule has 2 saturated heterocycles. The number of hydrogen-bond acceptors (Lipinski definition) is 4. The molecule has 2 aliphatic rings. The van der Waals surface area contributed by atoms with Gasteiger partial charge in [0.2, 0.25) is 11.9 Å². The van der Waals surface area contributed by atoms with Gasteiger partial charge < -0.3 is 15.0 Å². The molecule has 0 radical (unpaired) electrons. The summed E-state index contributed by atoms with van der Waals surface area (Å²) in [5.41, 5.74) is 5.20. The average molecular weight is 437 g/mol. The first kappa shape index (κ1) is 20.9. The predicted octanol–water partition coefficient (Wildman–Crippen LogP) is 3.90. The SMILES string of the molecule is Cc1cc2nc(N3CCC(C(=O)N[C@@H]4CCOC4)CC3)n(-c3ccc(F)cc3)c2cc1C. The van der Waals surface area contributed by atoms with Crippen LogP contribution in [0.5, 0.6) is 0 Å². The Hall–Kier alpha value is -2.93. The Morgan fingerprint density at radius 3 is 2.50 bits per heavy atom. The number of carbonyl (C=O) groups is 1. The van der Waals surface area contributed by atoms with Crippen molar-refractivity contribution in [2.75, 3.05) is 31.2 Å². The summed E-state index contributed by atoms with van der Waals surface area (Å²) in [6.45, 7) is 7.03. The lowest BCUT2D eigenvalue weighted by Gasteiger charge is -2.32. The van der Waals surface area contributed by atoms with Crippen molar-refractivity contribution < 1.29 is 13.9 Å². The van der Waals surface area contributed by atoms with Gasteiger partial charge in [-0.15, -0.1) is 0 Å². The Bertz CT molecular complexity index is 1130. The minimum Gasteiger partial charge on any atom is -0.379 e. The van der Waals surface area contributed by atoms with Crippen LogP contribution in [0.1, 0.15) is 30.4 Å². The second kappa shape index (κ2) is 8.54. The van der Waals surface area contributed by atoms with Crippen molar-refractivity contribution in [2.24, 2.45) is 5.92 Å². The fourth-order valence-electron chi connectivity index (χ4n) is 4.69. The van der Waals surface area contributed by atoms with E-state index in [0.717, 1.165) is 61.6 Å². The number of rotatable bonds is 4. The summed E-state index contributed by atoms with van der Waals surface area (Å²) in [6, 6.07) is 10.9. The lowest BCUT2D eigenvalue weighted by Crippen LogP contribution is -2.44. The van der Waals surface area contributed by atoms with Crippen LogP contribution in [0.3, 0.4) is 0 Å². The fourth-order valence-corrected chi connectivity index (χ4v) is 4.69. The Kier molecular flexibility index (Phi) is 5.59. The maximum atomic E-state index is 13.6. The molecule has 3 aromatic rings. The third kappa shape index (κ3) is 3.97. The van der Waals surface area contributed by atoms with E-state index in [0.29, 0.717) is 6.61 Å². The highest BCUT2D eigenvalue weighted by molar-refractivity contribution is 5.83. The van der Waals surface area contributed by atoms with E-state index in [9.17, 15) is 9.18 Å². The first-order valence-corrected chi connectivity index (χ1v) is 11.4. The summed E-state index contributed by atoms with van der Waals surface area (Å²) in [5.74, 6) is 0.740. The minimum atomic E-state index is -0.258. The van der Waals surface area contributed by atoms with Crippen molar-refractivity contribution >= 4 is 22.9 Å². The number of imidazole rings is 1. The van der Waals surface area contributed by atoms with Gasteiger partial charge >= 0.3 is 0 Å². The molecule has 1 atom stereocenters. The van der Waals surface area contributed by atoms with E-state index in [1.165, 1.54) is 23.3 Å². The van der Waals surface area contributed by atoms with Gasteiger partial charge in [-0.05, 0) is 80.6 Å². The highest BCUT2D eigenvalue weighted by atomic mass is 19.1. The van der Waals surface area contributed by atoms with Crippen LogP contribution < -0.4 is 10.2 Å². The van der Waals surface area contributed by atoms with Crippen molar-refractivity contribution in [2.45, 2.75) is 39.2 Å². The first-order chi connectivity index (χ1) is 15.5. The molecule has 0 spiro atoms. The zero-order valence-corrected chi connectivity index (χ0v) is 18.6. The van der Waals surface area contributed by atoms with Crippen molar-refractivity contribution in [3.8, 4) is 5.69 Å². The van der Waals surface area contributed by atoms with Gasteiger partial charge in [-0.1, -0.05) is 0 Å². The molecule has 1 N–H and O–H groups in total. The number of benzene rings is 2. The van der Waals surface area contributed by atoms with E-state index >= 15 is 0 Å². The average Bonchev–Trinajstić information content (AvgIpc) is 3.43. The summed E-state index contributed by atoms with van der Waals surface area (Å²) < 4.78 is 21.1. The van der Waals surface area contributed by atoms with Gasteiger partial charge in [0.05, 0.1) is 23.7 Å². The molecule has 0 saturated carbocycles. The molecule has 2 fully saturated rings. The molecule has 168 valence electrons. The lowest BCUT2D eigenvalue weighted by atomic mass is 9.95. The molecule has 2 aromatic carbocycles. The number of nitrogens with zero attached hydrogens (tertiary/aromatic N) is 3. The maximum Gasteiger partial charge on any atom is 0.223 e. The molecule has 32 heavy (non-hydrogen) atoms. The van der Waals surface area contributed by atoms with Crippen LogP contribution in [0, 0.1) is 25.6 Å². The number of piperidine rings is 1. The van der Waals surface area contributed by atoms with E-state index < -0.39 is 0 Å². The number of aryl methyl sites for hydroxylation is 2. The van der Waals surface area contributed by atoms with Crippen LogP contribution in [0.15, 0.2) is 36.4 Å². The summed E-state index contributed by atoms with van der Waals surface area (Å²) in [6.07, 6.45) is 2.46. The summed E-state index contributed by atoms with van der Waals surface area (Å²) >= 11 is 0. The molecule has 0 aliphatic carbocycles. The maximum absolute atomic E-state index is 13.6. The standard InChI is InChI=1S/C25H29FN4O2/c1-16-13-22-23(14-17(16)2)30(21-5-3-19(26)4-6-21)25(28-22)29-10-7-18(8-11-29)24(31)27-20-9-12-32-15-20/h3-6,13-14,18,20H,7-12,15H2,1-2H3,(H,27,31)/t20-/m1/s1. The lowest BCUT2D eigenvalue weighted by molar-refractivity contribution is -0.126. The molecule has 7 heteroatoms. The zero-order valence-electron chi connectivity index (χ0n) is 18.6. The predicted molar refractivity (Wildman–Crippen MR) is 123 cm³/mol. The zero-order chi connectivity index (χ0) is 22.2. The number of carbonyl (C=O) groups excluding carboxylic acids is 1. The molecule has 1 amide bonds. The number of nitrogens with one attached hydrogen (secondary N) is 1. The molecule has 3 heterocycles. The largest absolute Gasteiger partial charge is 0.379 e. The topological polar surface area (TPSA) is 59.4 Å². The van der Waals surface area contributed by atoms with Crippen LogP contribution in [0.2, 0.25) is 0 Å². The Labute approximate surface area is 187 Å². The quantitative estimate of drug-likeness (QED) is 0.674. The van der Waals surface area contributed by atoms with E-state index in [4.69, 9.17) is 9.72 Å². The highest BCUT2D eigenvalue weighted by Crippen LogP contribution is 2.31. The van der Waals surface area contributed by atoms with Gasteiger partial charge in [0, 0.05) is 31.3 Å². The Morgan fingerprint density at radius 2 is 1.81 bits per heavy atom. The molecular formula is C25H29FN4O2. The van der Waals surface area contributed by atoms with Gasteiger partial charge in [0.15, 0.2) is 0 Å².